The van der Waals surface area contributed by atoms with Crippen molar-refractivity contribution in [3.63, 3.8) is 0 Å². The Hall–Kier alpha value is -6.07. The zero-order valence-corrected chi connectivity index (χ0v) is 38.5. The van der Waals surface area contributed by atoms with Crippen LogP contribution in [0.3, 0.4) is 0 Å². The summed E-state index contributed by atoms with van der Waals surface area (Å²) in [6.07, 6.45) is 2.00. The van der Waals surface area contributed by atoms with Gasteiger partial charge in [0.1, 0.15) is 0 Å². The van der Waals surface area contributed by atoms with Gasteiger partial charge in [-0.3, -0.25) is 4.98 Å². The van der Waals surface area contributed by atoms with Crippen LogP contribution in [0.25, 0.3) is 38.1 Å². The molecular weight excluding hydrogens is 751 g/mol. The zero-order valence-electron chi connectivity index (χ0n) is 38.5. The van der Waals surface area contributed by atoms with Gasteiger partial charge in [-0.05, 0) is 122 Å². The molecule has 0 spiro atoms. The van der Waals surface area contributed by atoms with Crippen molar-refractivity contribution in [1.29, 1.82) is 0 Å². The molecule has 5 heterocycles. The maximum Gasteiger partial charge on any atom is 0.275 e. The van der Waals surface area contributed by atoms with Crippen LogP contribution >= 0.6 is 0 Å². The number of pyridine rings is 1. The molecule has 0 atom stereocenters. The monoisotopic (exact) mass is 808 g/mol. The van der Waals surface area contributed by atoms with E-state index in [1.165, 1.54) is 88.3 Å². The van der Waals surface area contributed by atoms with Crippen LogP contribution < -0.4 is 26.3 Å². The van der Waals surface area contributed by atoms with Gasteiger partial charge in [0.2, 0.25) is 0 Å². The van der Waals surface area contributed by atoms with Gasteiger partial charge >= 0.3 is 0 Å². The number of hydrogen-bond donors (Lipinski definition) is 0. The Bertz CT molecular complexity index is 3270. The summed E-state index contributed by atoms with van der Waals surface area (Å²) in [5.41, 5.74) is 19.8. The van der Waals surface area contributed by atoms with E-state index in [0.29, 0.717) is 0 Å². The Labute approximate surface area is 367 Å². The van der Waals surface area contributed by atoms with Gasteiger partial charge in [-0.2, -0.15) is 0 Å². The number of benzene rings is 6. The number of nitrogens with zero attached hydrogens (tertiary/aromatic N) is 4. The molecule has 2 aliphatic rings. The summed E-state index contributed by atoms with van der Waals surface area (Å²) in [7, 11) is 0. The number of anilines is 6. The van der Waals surface area contributed by atoms with E-state index in [4.69, 9.17) is 4.98 Å². The molecule has 0 fully saturated rings. The molecule has 6 aromatic carbocycles. The first-order chi connectivity index (χ1) is 29.3. The first-order valence-corrected chi connectivity index (χ1v) is 22.5. The van der Waals surface area contributed by atoms with Gasteiger partial charge in [-0.1, -0.05) is 138 Å². The molecule has 4 nitrogen and oxygen atoms in total. The van der Waals surface area contributed by atoms with Crippen LogP contribution in [0.1, 0.15) is 105 Å². The molecule has 0 saturated carbocycles. The van der Waals surface area contributed by atoms with Crippen molar-refractivity contribution in [3.8, 4) is 0 Å². The predicted molar refractivity (Wildman–Crippen MR) is 268 cm³/mol. The second-order valence-corrected chi connectivity index (χ2v) is 22.2. The summed E-state index contributed by atoms with van der Waals surface area (Å²) in [6, 6.07) is 46.7. The van der Waals surface area contributed by atoms with Crippen LogP contribution in [0.4, 0.5) is 34.1 Å². The summed E-state index contributed by atoms with van der Waals surface area (Å²) in [5.74, 6) is 0. The molecule has 0 saturated heterocycles. The minimum absolute atomic E-state index is 0.0257. The molecular formula is C57H57BN4. The molecule has 62 heavy (non-hydrogen) atoms. The molecule has 0 N–H and O–H groups in total. The van der Waals surface area contributed by atoms with Crippen molar-refractivity contribution in [2.45, 2.75) is 105 Å². The van der Waals surface area contributed by atoms with Crippen LogP contribution in [0.2, 0.25) is 0 Å². The number of fused-ring (bicyclic) bond motifs is 12. The molecule has 0 radical (unpaired) electrons. The third kappa shape index (κ3) is 5.49. The molecule has 0 amide bonds. The van der Waals surface area contributed by atoms with Gasteiger partial charge in [0, 0.05) is 50.4 Å². The van der Waals surface area contributed by atoms with E-state index in [1.54, 1.807) is 0 Å². The van der Waals surface area contributed by atoms with E-state index in [2.05, 4.69) is 219 Å². The standard InChI is InChI=1S/C57H57BN4/c1-54(2,3)34-20-25-39(26-21-34)60-45-29-24-37(57(10,11)12)33-42(45)58-49-51(60)47-40-31-35(55(4,5)6)22-27-43(40)62-44-28-23-36(56(7,8)9)32-41(44)48(50(47)62)52(49)61(38-17-14-13-15-18-38)46-19-16-30-59-53(46)58/h13-33H,1-12H3. The fraction of sp³-hybridized carbons (Fsp3) is 0.281. The maximum atomic E-state index is 5.42. The van der Waals surface area contributed by atoms with Crippen molar-refractivity contribution >= 4 is 95.5 Å². The third-order valence-corrected chi connectivity index (χ3v) is 13.9. The predicted octanol–water partition coefficient (Wildman–Crippen LogP) is 13.5. The van der Waals surface area contributed by atoms with Gasteiger partial charge in [0.05, 0.1) is 33.6 Å². The van der Waals surface area contributed by atoms with E-state index >= 15 is 0 Å². The maximum absolute atomic E-state index is 5.42. The third-order valence-electron chi connectivity index (χ3n) is 13.9. The highest BCUT2D eigenvalue weighted by atomic mass is 15.2. The number of para-hydroxylation sites is 1. The Kier molecular flexibility index (Phi) is 7.99. The van der Waals surface area contributed by atoms with Crippen molar-refractivity contribution in [1.82, 2.24) is 9.38 Å². The summed E-state index contributed by atoms with van der Waals surface area (Å²) in [4.78, 5) is 10.6. The van der Waals surface area contributed by atoms with Gasteiger partial charge in [-0.15, -0.1) is 0 Å². The zero-order chi connectivity index (χ0) is 43.4. The number of aromatic nitrogens is 2. The summed E-state index contributed by atoms with van der Waals surface area (Å²) >= 11 is 0. The highest BCUT2D eigenvalue weighted by Gasteiger charge is 2.48. The Morgan fingerprint density at radius 2 is 0.935 bits per heavy atom. The minimum Gasteiger partial charge on any atom is -0.311 e. The lowest BCUT2D eigenvalue weighted by Gasteiger charge is -2.44. The van der Waals surface area contributed by atoms with Crippen LogP contribution in [0.15, 0.2) is 128 Å². The van der Waals surface area contributed by atoms with E-state index in [-0.39, 0.29) is 28.4 Å². The van der Waals surface area contributed by atoms with E-state index in [1.807, 2.05) is 6.20 Å². The number of hydrogen-bond acceptors (Lipinski definition) is 3. The van der Waals surface area contributed by atoms with E-state index in [0.717, 1.165) is 22.7 Å². The summed E-state index contributed by atoms with van der Waals surface area (Å²) in [5, 5.41) is 5.19. The fourth-order valence-corrected chi connectivity index (χ4v) is 10.5. The lowest BCUT2D eigenvalue weighted by Crippen LogP contribution is -2.62. The van der Waals surface area contributed by atoms with Crippen molar-refractivity contribution in [2.75, 3.05) is 9.80 Å². The molecule has 0 unspecified atom stereocenters. The van der Waals surface area contributed by atoms with Crippen molar-refractivity contribution in [2.24, 2.45) is 0 Å². The van der Waals surface area contributed by atoms with Gasteiger partial charge in [-0.25, -0.2) is 0 Å². The molecule has 2 aliphatic heterocycles. The van der Waals surface area contributed by atoms with Crippen LogP contribution in [0, 0.1) is 0 Å². The van der Waals surface area contributed by atoms with Crippen LogP contribution in [-0.2, 0) is 21.7 Å². The quantitative estimate of drug-likeness (QED) is 0.163. The van der Waals surface area contributed by atoms with Gasteiger partial charge in [0.25, 0.3) is 6.71 Å². The topological polar surface area (TPSA) is 23.8 Å². The van der Waals surface area contributed by atoms with Crippen LogP contribution in [-0.4, -0.2) is 16.1 Å². The van der Waals surface area contributed by atoms with Gasteiger partial charge < -0.3 is 14.2 Å². The van der Waals surface area contributed by atoms with Crippen molar-refractivity contribution in [3.05, 3.63) is 150 Å². The first-order valence-electron chi connectivity index (χ1n) is 22.5. The SMILES string of the molecule is CC(C)(C)c1ccc(N2c3ccc(C(C)(C)C)cc3B3c4ncccc4N(c4ccccc4)c4c3c2c2c3cc(C(C)(C)C)ccc3n3c5ccc(C(C)(C)C)cc5c4c23)cc1. The second kappa shape index (κ2) is 12.8. The highest BCUT2D eigenvalue weighted by molar-refractivity contribution is 7.00. The second-order valence-electron chi connectivity index (χ2n) is 22.2. The smallest absolute Gasteiger partial charge is 0.275 e. The number of rotatable bonds is 2. The van der Waals surface area contributed by atoms with Gasteiger partial charge in [0.15, 0.2) is 0 Å². The normalized spacial score (nSPS) is 14.4. The highest BCUT2D eigenvalue weighted by Crippen LogP contribution is 2.55. The van der Waals surface area contributed by atoms with E-state index in [9.17, 15) is 0 Å². The average Bonchev–Trinajstić information content (AvgIpc) is 3.74. The Morgan fingerprint density at radius 1 is 0.452 bits per heavy atom. The molecule has 0 bridgehead atoms. The lowest BCUT2D eigenvalue weighted by atomic mass is 9.34. The molecule has 9 aromatic rings. The molecule has 11 rings (SSSR count). The van der Waals surface area contributed by atoms with E-state index < -0.39 is 0 Å². The molecule has 308 valence electrons. The van der Waals surface area contributed by atoms with Crippen LogP contribution in [0.5, 0.6) is 0 Å². The molecule has 5 heteroatoms. The molecule has 3 aromatic heterocycles. The summed E-state index contributed by atoms with van der Waals surface area (Å²) in [6.45, 7) is 27.8. The largest absolute Gasteiger partial charge is 0.311 e. The minimum atomic E-state index is -0.113. The van der Waals surface area contributed by atoms with Crippen molar-refractivity contribution < 1.29 is 0 Å². The summed E-state index contributed by atoms with van der Waals surface area (Å²) < 4.78 is 2.60. The first kappa shape index (κ1) is 38.8. The lowest BCUT2D eigenvalue weighted by molar-refractivity contribution is 0.590. The Morgan fingerprint density at radius 3 is 1.48 bits per heavy atom. The molecule has 0 aliphatic carbocycles. The average molecular weight is 809 g/mol. The Balaban J connectivity index is 1.43. The fourth-order valence-electron chi connectivity index (χ4n) is 10.5.